The summed E-state index contributed by atoms with van der Waals surface area (Å²) < 4.78 is 10.3. The number of thiophene rings is 1. The number of piperazine rings is 1. The zero-order valence-corrected chi connectivity index (χ0v) is 16.9. The highest BCUT2D eigenvalue weighted by molar-refractivity contribution is 7.18. The SMILES string of the molecule is CCOC(=O)c1sc(N)c(C#N)c1CN1CCN(c2ccc(OC)cc2)CC1. The summed E-state index contributed by atoms with van der Waals surface area (Å²) in [6.07, 6.45) is 0. The molecule has 0 aliphatic carbocycles. The lowest BCUT2D eigenvalue weighted by atomic mass is 10.1. The van der Waals surface area contributed by atoms with Gasteiger partial charge in [-0.25, -0.2) is 4.79 Å². The zero-order valence-electron chi connectivity index (χ0n) is 16.1. The molecule has 1 fully saturated rings. The molecule has 0 spiro atoms. The van der Waals surface area contributed by atoms with Gasteiger partial charge in [0.1, 0.15) is 21.7 Å². The van der Waals surface area contributed by atoms with Crippen LogP contribution in [-0.4, -0.2) is 50.8 Å². The van der Waals surface area contributed by atoms with Crippen molar-refractivity contribution >= 4 is 28.0 Å². The lowest BCUT2D eigenvalue weighted by molar-refractivity contribution is 0.0529. The van der Waals surface area contributed by atoms with E-state index < -0.39 is 5.97 Å². The molecule has 1 aliphatic heterocycles. The standard InChI is InChI=1S/C20H24N4O3S/c1-3-27-20(25)18-17(16(12-21)19(22)28-18)13-23-8-10-24(11-9-23)14-4-6-15(26-2)7-5-14/h4-7H,3,8-11,13,22H2,1-2H3. The van der Waals surface area contributed by atoms with E-state index in [1.54, 1.807) is 14.0 Å². The first-order valence-corrected chi connectivity index (χ1v) is 9.98. The average molecular weight is 401 g/mol. The highest BCUT2D eigenvalue weighted by Crippen LogP contribution is 2.32. The summed E-state index contributed by atoms with van der Waals surface area (Å²) in [4.78, 5) is 17.3. The summed E-state index contributed by atoms with van der Waals surface area (Å²) in [6, 6.07) is 10.2. The van der Waals surface area contributed by atoms with E-state index in [1.165, 1.54) is 0 Å². The molecule has 1 aromatic heterocycles. The third kappa shape index (κ3) is 4.21. The van der Waals surface area contributed by atoms with Crippen LogP contribution in [0.2, 0.25) is 0 Å². The molecule has 1 saturated heterocycles. The molecule has 8 heteroatoms. The van der Waals surface area contributed by atoms with Gasteiger partial charge in [0.25, 0.3) is 0 Å². The van der Waals surface area contributed by atoms with Crippen molar-refractivity contribution < 1.29 is 14.3 Å². The number of rotatable bonds is 6. The van der Waals surface area contributed by atoms with Crippen molar-refractivity contribution in [2.45, 2.75) is 13.5 Å². The lowest BCUT2D eigenvalue weighted by Crippen LogP contribution is -2.46. The summed E-state index contributed by atoms with van der Waals surface area (Å²) >= 11 is 1.13. The number of anilines is 2. The first-order valence-electron chi connectivity index (χ1n) is 9.17. The summed E-state index contributed by atoms with van der Waals surface area (Å²) in [5.41, 5.74) is 8.20. The molecule has 2 heterocycles. The molecule has 1 aliphatic rings. The number of hydrogen-bond acceptors (Lipinski definition) is 8. The Bertz CT molecular complexity index is 865. The first-order chi connectivity index (χ1) is 13.6. The molecule has 2 N–H and O–H groups in total. The number of nitriles is 1. The molecule has 0 bridgehead atoms. The average Bonchev–Trinajstić information content (AvgIpc) is 3.04. The first kappa shape index (κ1) is 20.0. The fourth-order valence-corrected chi connectivity index (χ4v) is 4.22. The minimum Gasteiger partial charge on any atom is -0.497 e. The Balaban J connectivity index is 1.69. The minimum atomic E-state index is -0.410. The maximum absolute atomic E-state index is 12.3. The van der Waals surface area contributed by atoms with Crippen LogP contribution in [0.3, 0.4) is 0 Å². The Kier molecular flexibility index (Phi) is 6.39. The van der Waals surface area contributed by atoms with Crippen LogP contribution in [0.15, 0.2) is 24.3 Å². The van der Waals surface area contributed by atoms with Crippen molar-refractivity contribution in [3.63, 3.8) is 0 Å². The number of nitrogen functional groups attached to an aromatic ring is 1. The van der Waals surface area contributed by atoms with Gasteiger partial charge in [0.05, 0.1) is 19.3 Å². The highest BCUT2D eigenvalue weighted by atomic mass is 32.1. The molecule has 28 heavy (non-hydrogen) atoms. The molecular weight excluding hydrogens is 376 g/mol. The quantitative estimate of drug-likeness (QED) is 0.745. The maximum Gasteiger partial charge on any atom is 0.348 e. The topological polar surface area (TPSA) is 91.8 Å². The number of benzene rings is 1. The third-order valence-electron chi connectivity index (χ3n) is 4.80. The molecule has 0 unspecified atom stereocenters. The van der Waals surface area contributed by atoms with E-state index in [2.05, 4.69) is 28.0 Å². The lowest BCUT2D eigenvalue weighted by Gasteiger charge is -2.36. The zero-order chi connectivity index (χ0) is 20.1. The van der Waals surface area contributed by atoms with Gasteiger partial charge in [-0.2, -0.15) is 5.26 Å². The van der Waals surface area contributed by atoms with E-state index in [1.807, 2.05) is 12.1 Å². The number of carbonyl (C=O) groups excluding carboxylic acids is 1. The van der Waals surface area contributed by atoms with Crippen molar-refractivity contribution in [3.05, 3.63) is 40.3 Å². The van der Waals surface area contributed by atoms with Crippen LogP contribution < -0.4 is 15.4 Å². The van der Waals surface area contributed by atoms with Crippen molar-refractivity contribution in [3.8, 4) is 11.8 Å². The predicted molar refractivity (Wildman–Crippen MR) is 110 cm³/mol. The summed E-state index contributed by atoms with van der Waals surface area (Å²) in [5, 5.41) is 9.85. The number of carbonyl (C=O) groups is 1. The van der Waals surface area contributed by atoms with E-state index in [9.17, 15) is 10.1 Å². The van der Waals surface area contributed by atoms with E-state index in [0.717, 1.165) is 49.0 Å². The third-order valence-corrected chi connectivity index (χ3v) is 5.84. The minimum absolute atomic E-state index is 0.290. The molecule has 0 radical (unpaired) electrons. The fourth-order valence-electron chi connectivity index (χ4n) is 3.30. The van der Waals surface area contributed by atoms with Crippen LogP contribution >= 0.6 is 11.3 Å². The molecule has 0 atom stereocenters. The van der Waals surface area contributed by atoms with E-state index >= 15 is 0 Å². The van der Waals surface area contributed by atoms with Crippen molar-refractivity contribution in [2.24, 2.45) is 0 Å². The molecule has 7 nitrogen and oxygen atoms in total. The van der Waals surface area contributed by atoms with Crippen molar-refractivity contribution in [1.29, 1.82) is 5.26 Å². The van der Waals surface area contributed by atoms with E-state index in [0.29, 0.717) is 34.2 Å². The van der Waals surface area contributed by atoms with Gasteiger partial charge in [0, 0.05) is 44.0 Å². The van der Waals surface area contributed by atoms with Gasteiger partial charge in [0.15, 0.2) is 0 Å². The molecular formula is C20H24N4O3S. The van der Waals surface area contributed by atoms with Gasteiger partial charge in [-0.15, -0.1) is 11.3 Å². The van der Waals surface area contributed by atoms with Crippen LogP contribution in [0.1, 0.15) is 27.7 Å². The van der Waals surface area contributed by atoms with Gasteiger partial charge in [-0.1, -0.05) is 0 Å². The maximum atomic E-state index is 12.3. The van der Waals surface area contributed by atoms with Gasteiger partial charge in [0.2, 0.25) is 0 Å². The van der Waals surface area contributed by atoms with Crippen LogP contribution in [0.5, 0.6) is 5.75 Å². The highest BCUT2D eigenvalue weighted by Gasteiger charge is 2.26. The Hall–Kier alpha value is -2.76. The van der Waals surface area contributed by atoms with Gasteiger partial charge < -0.3 is 20.1 Å². The molecule has 2 aromatic rings. The van der Waals surface area contributed by atoms with Crippen LogP contribution in [0.25, 0.3) is 0 Å². The van der Waals surface area contributed by atoms with E-state index in [4.69, 9.17) is 15.2 Å². The molecule has 0 saturated carbocycles. The molecule has 3 rings (SSSR count). The smallest absolute Gasteiger partial charge is 0.348 e. The van der Waals surface area contributed by atoms with Gasteiger partial charge >= 0.3 is 5.97 Å². The molecule has 148 valence electrons. The van der Waals surface area contributed by atoms with E-state index in [-0.39, 0.29) is 0 Å². The second kappa shape index (κ2) is 8.95. The number of hydrogen-bond donors (Lipinski definition) is 1. The molecule has 1 aromatic carbocycles. The van der Waals surface area contributed by atoms with Gasteiger partial charge in [-0.3, -0.25) is 4.90 Å². The number of ether oxygens (including phenoxy) is 2. The second-order valence-electron chi connectivity index (χ2n) is 6.44. The summed E-state index contributed by atoms with van der Waals surface area (Å²) in [6.45, 7) is 5.95. The number of nitrogens with zero attached hydrogens (tertiary/aromatic N) is 3. The Labute approximate surface area is 168 Å². The fraction of sp³-hybridized carbons (Fsp3) is 0.400. The Morgan fingerprint density at radius 2 is 1.93 bits per heavy atom. The molecule has 0 amide bonds. The Morgan fingerprint density at radius 1 is 1.25 bits per heavy atom. The van der Waals surface area contributed by atoms with Crippen molar-refractivity contribution in [1.82, 2.24) is 4.90 Å². The largest absolute Gasteiger partial charge is 0.497 e. The Morgan fingerprint density at radius 3 is 2.50 bits per heavy atom. The van der Waals surface area contributed by atoms with Crippen LogP contribution in [-0.2, 0) is 11.3 Å². The number of nitrogens with two attached hydrogens (primary N) is 1. The number of methoxy groups -OCH3 is 1. The van der Waals surface area contributed by atoms with Crippen LogP contribution in [0.4, 0.5) is 10.7 Å². The number of esters is 1. The van der Waals surface area contributed by atoms with Gasteiger partial charge in [-0.05, 0) is 31.2 Å². The summed E-state index contributed by atoms with van der Waals surface area (Å²) in [5.74, 6) is 0.431. The second-order valence-corrected chi connectivity index (χ2v) is 7.49. The summed E-state index contributed by atoms with van der Waals surface area (Å²) in [7, 11) is 1.66. The van der Waals surface area contributed by atoms with Crippen LogP contribution in [0, 0.1) is 11.3 Å². The monoisotopic (exact) mass is 400 g/mol. The normalized spacial score (nSPS) is 14.5. The van der Waals surface area contributed by atoms with Crippen molar-refractivity contribution in [2.75, 3.05) is 50.5 Å². The predicted octanol–water partition coefficient (Wildman–Crippen LogP) is 2.71.